The fourth-order valence-electron chi connectivity index (χ4n) is 1.11. The molecular formula is C5H8N4OS. The Hall–Kier alpha value is -0.720. The molecule has 2 N–H and O–H groups in total. The lowest BCUT2D eigenvalue weighted by Gasteiger charge is -2.27. The number of nitrogens with one attached hydrogen (secondary N) is 1. The van der Waals surface area contributed by atoms with Crippen LogP contribution >= 0.6 is 12.8 Å². The maximum atomic E-state index is 9.14. The van der Waals surface area contributed by atoms with E-state index in [4.69, 9.17) is 5.21 Å². The topological polar surface area (TPSA) is 55.4 Å². The Morgan fingerprint density at radius 1 is 1.73 bits per heavy atom. The quantitative estimate of drug-likeness (QED) is 0.490. The van der Waals surface area contributed by atoms with E-state index in [2.05, 4.69) is 23.0 Å². The first-order chi connectivity index (χ1) is 5.27. The van der Waals surface area contributed by atoms with Crippen LogP contribution in [0.1, 0.15) is 5.69 Å². The van der Waals surface area contributed by atoms with E-state index < -0.39 is 0 Å². The predicted molar refractivity (Wildman–Crippen MR) is 42.2 cm³/mol. The average Bonchev–Trinajstić information content (AvgIpc) is 2.34. The summed E-state index contributed by atoms with van der Waals surface area (Å²) in [6.45, 7) is 0.877. The van der Waals surface area contributed by atoms with Crippen LogP contribution in [-0.4, -0.2) is 27.1 Å². The van der Waals surface area contributed by atoms with Crippen molar-refractivity contribution in [1.82, 2.24) is 15.3 Å². The van der Waals surface area contributed by atoms with Crippen LogP contribution in [0.5, 0.6) is 0 Å². The second kappa shape index (κ2) is 2.40. The van der Waals surface area contributed by atoms with Gasteiger partial charge >= 0.3 is 0 Å². The van der Waals surface area contributed by atoms with Crippen LogP contribution < -0.4 is 4.31 Å². The van der Waals surface area contributed by atoms with Crippen molar-refractivity contribution in [2.75, 3.05) is 11.0 Å². The zero-order valence-corrected chi connectivity index (χ0v) is 6.62. The molecule has 0 unspecified atom stereocenters. The van der Waals surface area contributed by atoms with Gasteiger partial charge in [0, 0.05) is 0 Å². The SMILES string of the molecule is ON1Cc2[nH]ncc2N(S)C1. The first kappa shape index (κ1) is 6.96. The number of thiol groups is 1. The lowest BCUT2D eigenvalue weighted by Crippen LogP contribution is -2.34. The molecule has 0 amide bonds. The molecule has 2 rings (SSSR count). The van der Waals surface area contributed by atoms with Crippen LogP contribution in [0.2, 0.25) is 0 Å². The summed E-state index contributed by atoms with van der Waals surface area (Å²) in [7, 11) is 0. The van der Waals surface area contributed by atoms with Crippen molar-refractivity contribution in [2.24, 2.45) is 0 Å². The highest BCUT2D eigenvalue weighted by Crippen LogP contribution is 2.24. The van der Waals surface area contributed by atoms with Crippen molar-refractivity contribution in [3.63, 3.8) is 0 Å². The van der Waals surface area contributed by atoms with Crippen molar-refractivity contribution >= 4 is 18.5 Å². The molecule has 0 aromatic carbocycles. The first-order valence-electron chi connectivity index (χ1n) is 3.20. The summed E-state index contributed by atoms with van der Waals surface area (Å²) in [4.78, 5) is 0. The fourth-order valence-corrected chi connectivity index (χ4v) is 1.43. The van der Waals surface area contributed by atoms with Gasteiger partial charge in [0.25, 0.3) is 0 Å². The van der Waals surface area contributed by atoms with E-state index in [1.165, 1.54) is 0 Å². The summed E-state index contributed by atoms with van der Waals surface area (Å²) in [5.41, 5.74) is 1.81. The summed E-state index contributed by atoms with van der Waals surface area (Å²) in [6.07, 6.45) is 1.69. The van der Waals surface area contributed by atoms with Gasteiger partial charge in [-0.15, -0.1) is 0 Å². The van der Waals surface area contributed by atoms with Crippen LogP contribution in [0.3, 0.4) is 0 Å². The Kier molecular flexibility index (Phi) is 1.52. The smallest absolute Gasteiger partial charge is 0.105 e. The Balaban J connectivity index is 2.36. The van der Waals surface area contributed by atoms with Crippen LogP contribution in [0.15, 0.2) is 6.20 Å². The molecule has 0 radical (unpaired) electrons. The molecule has 2 heterocycles. The number of anilines is 1. The number of hydrogen-bond acceptors (Lipinski definition) is 5. The van der Waals surface area contributed by atoms with Gasteiger partial charge in [0.2, 0.25) is 0 Å². The number of nitrogens with zero attached hydrogens (tertiary/aromatic N) is 3. The number of aromatic amines is 1. The summed E-state index contributed by atoms with van der Waals surface area (Å²) in [5.74, 6) is 0. The van der Waals surface area contributed by atoms with Gasteiger partial charge in [-0.05, 0) is 0 Å². The van der Waals surface area contributed by atoms with Crippen LogP contribution in [-0.2, 0) is 6.54 Å². The zero-order chi connectivity index (χ0) is 7.84. The van der Waals surface area contributed by atoms with E-state index in [1.807, 2.05) is 0 Å². The van der Waals surface area contributed by atoms with E-state index in [-0.39, 0.29) is 0 Å². The van der Waals surface area contributed by atoms with Gasteiger partial charge in [-0.25, -0.2) is 0 Å². The monoisotopic (exact) mass is 172 g/mol. The fraction of sp³-hybridized carbons (Fsp3) is 0.400. The van der Waals surface area contributed by atoms with Crippen molar-refractivity contribution in [3.05, 3.63) is 11.9 Å². The Bertz CT molecular complexity index is 263. The molecule has 5 nitrogen and oxygen atoms in total. The molecule has 11 heavy (non-hydrogen) atoms. The molecule has 60 valence electrons. The Morgan fingerprint density at radius 3 is 3.36 bits per heavy atom. The largest absolute Gasteiger partial charge is 0.312 e. The maximum absolute atomic E-state index is 9.14. The molecule has 1 aliphatic heterocycles. The molecule has 0 fully saturated rings. The minimum atomic E-state index is 0.398. The number of aromatic nitrogens is 2. The van der Waals surface area contributed by atoms with Crippen molar-refractivity contribution < 1.29 is 5.21 Å². The lowest BCUT2D eigenvalue weighted by atomic mass is 10.3. The zero-order valence-electron chi connectivity index (χ0n) is 5.73. The molecule has 6 heteroatoms. The summed E-state index contributed by atoms with van der Waals surface area (Å²) in [5, 5.41) is 16.9. The molecular weight excluding hydrogens is 164 g/mol. The molecule has 1 aromatic rings. The first-order valence-corrected chi connectivity index (χ1v) is 3.60. The van der Waals surface area contributed by atoms with Gasteiger partial charge in [0.15, 0.2) is 0 Å². The number of rotatable bonds is 0. The van der Waals surface area contributed by atoms with E-state index >= 15 is 0 Å². The van der Waals surface area contributed by atoms with Gasteiger partial charge in [0.05, 0.1) is 24.1 Å². The molecule has 0 spiro atoms. The minimum Gasteiger partial charge on any atom is -0.312 e. The highest BCUT2D eigenvalue weighted by atomic mass is 32.1. The highest BCUT2D eigenvalue weighted by molar-refractivity contribution is 7.81. The van der Waals surface area contributed by atoms with Crippen molar-refractivity contribution in [3.8, 4) is 0 Å². The van der Waals surface area contributed by atoms with Gasteiger partial charge < -0.3 is 5.21 Å². The Labute approximate surface area is 69.1 Å². The van der Waals surface area contributed by atoms with E-state index in [9.17, 15) is 0 Å². The minimum absolute atomic E-state index is 0.398. The third kappa shape index (κ3) is 1.09. The van der Waals surface area contributed by atoms with Crippen molar-refractivity contribution in [1.29, 1.82) is 0 Å². The predicted octanol–water partition coefficient (Wildman–Crippen LogP) is 0.223. The summed E-state index contributed by atoms with van der Waals surface area (Å²) < 4.78 is 1.63. The van der Waals surface area contributed by atoms with Crippen LogP contribution in [0, 0.1) is 0 Å². The van der Waals surface area contributed by atoms with Gasteiger partial charge in [-0.2, -0.15) is 10.2 Å². The summed E-state index contributed by atoms with van der Waals surface area (Å²) >= 11 is 4.14. The number of H-pyrrole nitrogens is 1. The van der Waals surface area contributed by atoms with Crippen LogP contribution in [0.25, 0.3) is 0 Å². The van der Waals surface area contributed by atoms with E-state index in [1.54, 1.807) is 10.5 Å². The third-order valence-electron chi connectivity index (χ3n) is 1.61. The summed E-state index contributed by atoms with van der Waals surface area (Å²) in [6, 6.07) is 0. The highest BCUT2D eigenvalue weighted by Gasteiger charge is 2.20. The number of hydrogen-bond donors (Lipinski definition) is 3. The van der Waals surface area contributed by atoms with Crippen molar-refractivity contribution in [2.45, 2.75) is 6.54 Å². The molecule has 0 aliphatic carbocycles. The lowest BCUT2D eigenvalue weighted by molar-refractivity contribution is -0.0996. The number of fused-ring (bicyclic) bond motifs is 1. The second-order valence-electron chi connectivity index (χ2n) is 2.44. The van der Waals surface area contributed by atoms with Gasteiger partial charge in [-0.1, -0.05) is 12.8 Å². The Morgan fingerprint density at radius 2 is 2.55 bits per heavy atom. The van der Waals surface area contributed by atoms with Crippen LogP contribution in [0.4, 0.5) is 5.69 Å². The van der Waals surface area contributed by atoms with E-state index in [0.717, 1.165) is 16.4 Å². The molecule has 1 aliphatic rings. The van der Waals surface area contributed by atoms with Gasteiger partial charge in [0.1, 0.15) is 6.67 Å². The normalized spacial score (nSPS) is 18.5. The van der Waals surface area contributed by atoms with E-state index in [0.29, 0.717) is 13.2 Å². The standard InChI is InChI=1S/C5H8N4OS/c10-8-2-4-5(1-6-7-4)9(11)3-8/h1,10-11H,2-3H2,(H,6,7). The number of hydroxylamine groups is 2. The maximum Gasteiger partial charge on any atom is 0.105 e. The molecule has 0 saturated heterocycles. The third-order valence-corrected chi connectivity index (χ3v) is 1.95. The molecule has 1 aromatic heterocycles. The molecule has 0 saturated carbocycles. The second-order valence-corrected chi connectivity index (χ2v) is 2.92. The van der Waals surface area contributed by atoms with Gasteiger partial charge in [-0.3, -0.25) is 9.40 Å². The molecule has 0 atom stereocenters. The molecule has 0 bridgehead atoms. The average molecular weight is 172 g/mol.